The fourth-order valence-corrected chi connectivity index (χ4v) is 9.91. The molecule has 0 unspecified atom stereocenters. The molecule has 0 saturated carbocycles. The first-order chi connectivity index (χ1) is 31.9. The van der Waals surface area contributed by atoms with Gasteiger partial charge < -0.3 is 18.6 Å². The average Bonchev–Trinajstić information content (AvgIpc) is 4.06. The molecular formula is C59H46N4O2. The summed E-state index contributed by atoms with van der Waals surface area (Å²) < 4.78 is 12.2. The number of allylic oxidation sites excluding steroid dienone is 5. The van der Waals surface area contributed by atoms with E-state index in [2.05, 4.69) is 187 Å². The van der Waals surface area contributed by atoms with E-state index in [0.717, 1.165) is 87.8 Å². The van der Waals surface area contributed by atoms with Crippen molar-refractivity contribution in [1.29, 1.82) is 0 Å². The van der Waals surface area contributed by atoms with Gasteiger partial charge in [0.25, 0.3) is 0 Å². The third-order valence-electron chi connectivity index (χ3n) is 13.3. The van der Waals surface area contributed by atoms with E-state index in [9.17, 15) is 0 Å². The molecule has 314 valence electrons. The van der Waals surface area contributed by atoms with Gasteiger partial charge in [0.15, 0.2) is 11.3 Å². The molecule has 0 bridgehead atoms. The second-order valence-electron chi connectivity index (χ2n) is 17.7. The Bertz CT molecular complexity index is 3300. The quantitative estimate of drug-likeness (QED) is 0.144. The van der Waals surface area contributed by atoms with Gasteiger partial charge in [-0.3, -0.25) is 0 Å². The Labute approximate surface area is 379 Å². The Morgan fingerprint density at radius 3 is 1.75 bits per heavy atom. The van der Waals surface area contributed by atoms with Gasteiger partial charge in [-0.25, -0.2) is 9.97 Å². The summed E-state index contributed by atoms with van der Waals surface area (Å²) in [7, 11) is 0. The molecule has 0 radical (unpaired) electrons. The summed E-state index contributed by atoms with van der Waals surface area (Å²) in [6.45, 7) is 4.74. The van der Waals surface area contributed by atoms with Gasteiger partial charge in [-0.15, -0.1) is 0 Å². The standard InChI is InChI=1S/C59H46N4O2/c1-59(2)51-37-42(39-21-28-45(29-22-39)62(43-13-5-3-6-14-43)46-30-23-40(24-31-46)57-60-53-17-9-11-19-55(53)64-57)27-35-49(51)50-36-34-48(38-52(50)59)63(44-15-7-4-8-16-44)47-32-25-41(26-33-47)58-61-54-18-10-12-20-56(54)65-58/h3-8,10-16,18-21,23-28,30-38H,9,17,22,29H2,1-2H3. The van der Waals surface area contributed by atoms with Crippen LogP contribution in [0.25, 0.3) is 56.8 Å². The number of rotatable bonds is 9. The first kappa shape index (κ1) is 38.7. The van der Waals surface area contributed by atoms with E-state index >= 15 is 0 Å². The van der Waals surface area contributed by atoms with Crippen molar-refractivity contribution in [3.63, 3.8) is 0 Å². The zero-order chi connectivity index (χ0) is 43.5. The van der Waals surface area contributed by atoms with Crippen molar-refractivity contribution >= 4 is 51.2 Å². The van der Waals surface area contributed by atoms with Gasteiger partial charge in [-0.1, -0.05) is 92.7 Å². The summed E-state index contributed by atoms with van der Waals surface area (Å²) in [5.74, 6) is 2.18. The van der Waals surface area contributed by atoms with E-state index in [-0.39, 0.29) is 5.41 Å². The smallest absolute Gasteiger partial charge is 0.227 e. The maximum Gasteiger partial charge on any atom is 0.227 e. The predicted molar refractivity (Wildman–Crippen MR) is 265 cm³/mol. The largest absolute Gasteiger partial charge is 0.436 e. The number of aromatic nitrogens is 2. The third kappa shape index (κ3) is 6.90. The molecule has 0 fully saturated rings. The molecule has 3 aliphatic carbocycles. The summed E-state index contributed by atoms with van der Waals surface area (Å²) in [4.78, 5) is 14.3. The normalized spacial score (nSPS) is 14.6. The maximum atomic E-state index is 6.14. The molecule has 3 aliphatic rings. The van der Waals surface area contributed by atoms with Crippen LogP contribution in [0.3, 0.4) is 0 Å². The molecule has 0 spiro atoms. The number of nitrogens with zero attached hydrogens (tertiary/aromatic N) is 4. The maximum absolute atomic E-state index is 6.14. The lowest BCUT2D eigenvalue weighted by molar-refractivity contribution is 0.560. The van der Waals surface area contributed by atoms with Gasteiger partial charge in [0.05, 0.1) is 5.69 Å². The minimum absolute atomic E-state index is 0.205. The molecule has 9 aromatic rings. The van der Waals surface area contributed by atoms with Crippen molar-refractivity contribution in [2.45, 2.75) is 44.9 Å². The molecule has 0 aliphatic heterocycles. The number of aryl methyl sites for hydroxylation is 1. The number of anilines is 5. The number of hydrogen-bond donors (Lipinski definition) is 0. The number of oxazole rings is 2. The lowest BCUT2D eigenvalue weighted by Gasteiger charge is -2.30. The average molecular weight is 843 g/mol. The molecule has 7 aromatic carbocycles. The fraction of sp³-hybridized carbons (Fsp3) is 0.119. The van der Waals surface area contributed by atoms with Crippen LogP contribution in [0.2, 0.25) is 0 Å². The molecule has 2 heterocycles. The van der Waals surface area contributed by atoms with Crippen molar-refractivity contribution in [2.75, 3.05) is 9.80 Å². The summed E-state index contributed by atoms with van der Waals surface area (Å²) in [5.41, 5.74) is 19.1. The van der Waals surface area contributed by atoms with Crippen molar-refractivity contribution in [1.82, 2.24) is 9.97 Å². The first-order valence-electron chi connectivity index (χ1n) is 22.6. The SMILES string of the molecule is CC1(C)c2cc(C3=CC=C(N(c4ccccc4)c4ccc(-c5nc6c(o5)C=CCC6)cc4)CC3)ccc2-c2ccc(N(c3ccccc3)c3ccc(-c4nc5ccccc5o4)cc3)cc21. The predicted octanol–water partition coefficient (Wildman–Crippen LogP) is 15.8. The van der Waals surface area contributed by atoms with E-state index in [1.807, 2.05) is 30.3 Å². The topological polar surface area (TPSA) is 58.5 Å². The van der Waals surface area contributed by atoms with Crippen LogP contribution in [0.15, 0.2) is 203 Å². The van der Waals surface area contributed by atoms with Crippen LogP contribution in [0.1, 0.15) is 61.3 Å². The number of para-hydroxylation sites is 4. The molecule has 6 heteroatoms. The number of fused-ring (bicyclic) bond motifs is 5. The summed E-state index contributed by atoms with van der Waals surface area (Å²) in [6.07, 6.45) is 12.6. The molecule has 12 rings (SSSR count). The van der Waals surface area contributed by atoms with Gasteiger partial charge >= 0.3 is 0 Å². The molecule has 0 N–H and O–H groups in total. The first-order valence-corrected chi connectivity index (χ1v) is 22.6. The lowest BCUT2D eigenvalue weighted by atomic mass is 9.81. The van der Waals surface area contributed by atoms with E-state index in [4.69, 9.17) is 18.8 Å². The summed E-state index contributed by atoms with van der Waals surface area (Å²) in [5, 5.41) is 0. The van der Waals surface area contributed by atoms with Gasteiger partial charge in [0, 0.05) is 50.7 Å². The van der Waals surface area contributed by atoms with Crippen molar-refractivity contribution < 1.29 is 8.83 Å². The van der Waals surface area contributed by atoms with E-state index in [1.54, 1.807) is 0 Å². The minimum Gasteiger partial charge on any atom is -0.436 e. The van der Waals surface area contributed by atoms with Crippen LogP contribution >= 0.6 is 0 Å². The second-order valence-corrected chi connectivity index (χ2v) is 17.7. The van der Waals surface area contributed by atoms with Crippen LogP contribution in [-0.2, 0) is 11.8 Å². The minimum atomic E-state index is -0.205. The Balaban J connectivity index is 0.836. The molecular weight excluding hydrogens is 797 g/mol. The summed E-state index contributed by atoms with van der Waals surface area (Å²) in [6, 6.07) is 60.4. The monoisotopic (exact) mass is 842 g/mol. The van der Waals surface area contributed by atoms with Crippen molar-refractivity contribution in [2.24, 2.45) is 0 Å². The molecule has 6 nitrogen and oxygen atoms in total. The van der Waals surface area contributed by atoms with Crippen molar-refractivity contribution in [3.05, 3.63) is 222 Å². The number of benzene rings is 7. The third-order valence-corrected chi connectivity index (χ3v) is 13.3. The van der Waals surface area contributed by atoms with Crippen LogP contribution < -0.4 is 9.80 Å². The Kier molecular flexibility index (Phi) is 9.34. The highest BCUT2D eigenvalue weighted by molar-refractivity contribution is 5.88. The highest BCUT2D eigenvalue weighted by Crippen LogP contribution is 2.52. The van der Waals surface area contributed by atoms with E-state index < -0.39 is 0 Å². The molecule has 2 aromatic heterocycles. The van der Waals surface area contributed by atoms with Crippen LogP contribution in [0.5, 0.6) is 0 Å². The highest BCUT2D eigenvalue weighted by Gasteiger charge is 2.36. The van der Waals surface area contributed by atoms with Gasteiger partial charge in [-0.2, -0.15) is 0 Å². The van der Waals surface area contributed by atoms with E-state index in [1.165, 1.54) is 39.1 Å². The van der Waals surface area contributed by atoms with Gasteiger partial charge in [-0.05, 0) is 174 Å². The lowest BCUT2D eigenvalue weighted by Crippen LogP contribution is -2.18. The van der Waals surface area contributed by atoms with Gasteiger partial charge in [0.2, 0.25) is 11.8 Å². The van der Waals surface area contributed by atoms with E-state index in [0.29, 0.717) is 11.8 Å². The zero-order valence-corrected chi connectivity index (χ0v) is 36.4. The van der Waals surface area contributed by atoms with Crippen LogP contribution in [-0.4, -0.2) is 9.97 Å². The molecule has 0 saturated heterocycles. The van der Waals surface area contributed by atoms with Crippen molar-refractivity contribution in [3.8, 4) is 34.0 Å². The van der Waals surface area contributed by atoms with Crippen LogP contribution in [0, 0.1) is 0 Å². The second kappa shape index (κ2) is 15.7. The highest BCUT2D eigenvalue weighted by atomic mass is 16.4. The molecule has 0 atom stereocenters. The zero-order valence-electron chi connectivity index (χ0n) is 36.4. The fourth-order valence-electron chi connectivity index (χ4n) is 9.91. The van der Waals surface area contributed by atoms with Crippen LogP contribution in [0.4, 0.5) is 28.4 Å². The summed E-state index contributed by atoms with van der Waals surface area (Å²) >= 11 is 0. The Hall–Kier alpha value is -7.96. The molecule has 0 amide bonds. The molecule has 65 heavy (non-hydrogen) atoms. The van der Waals surface area contributed by atoms with Gasteiger partial charge in [0.1, 0.15) is 5.52 Å². The number of hydrogen-bond acceptors (Lipinski definition) is 6. The Morgan fingerprint density at radius 2 is 1.08 bits per heavy atom. The Morgan fingerprint density at radius 1 is 0.492 bits per heavy atom.